The second-order valence-corrected chi connectivity index (χ2v) is 8.26. The fourth-order valence-electron chi connectivity index (χ4n) is 4.60. The maximum Gasteiger partial charge on any atom is 0.290 e. The second kappa shape index (κ2) is 9.06. The van der Waals surface area contributed by atoms with Gasteiger partial charge in [0, 0.05) is 29.7 Å². The first-order valence-corrected chi connectivity index (χ1v) is 11.1. The molecule has 0 aliphatic carbocycles. The monoisotopic (exact) mass is 487 g/mol. The highest BCUT2D eigenvalue weighted by atomic mass is 16.6. The number of fused-ring (bicyclic) bond motifs is 1. The van der Waals surface area contributed by atoms with Gasteiger partial charge in [-0.1, -0.05) is 12.1 Å². The van der Waals surface area contributed by atoms with Crippen LogP contribution in [-0.2, 0) is 11.2 Å². The number of aromatic amines is 1. The second-order valence-electron chi connectivity index (χ2n) is 8.26. The van der Waals surface area contributed by atoms with Crippen LogP contribution in [0, 0.1) is 10.1 Å². The molecule has 0 saturated carbocycles. The van der Waals surface area contributed by atoms with Crippen LogP contribution >= 0.6 is 0 Å². The molecule has 0 saturated heterocycles. The van der Waals surface area contributed by atoms with Gasteiger partial charge in [-0.2, -0.15) is 0 Å². The summed E-state index contributed by atoms with van der Waals surface area (Å²) in [5.74, 6) is -1.67. The normalized spacial score (nSPS) is 15.6. The number of nitrogens with zero attached hydrogens (tertiary/aromatic N) is 2. The molecule has 0 fully saturated rings. The van der Waals surface area contributed by atoms with Gasteiger partial charge in [-0.05, 0) is 48.4 Å². The number of hydrogen-bond acceptors (Lipinski definition) is 7. The van der Waals surface area contributed by atoms with Gasteiger partial charge in [0.05, 0.1) is 35.5 Å². The van der Waals surface area contributed by atoms with Crippen LogP contribution in [0.5, 0.6) is 5.75 Å². The van der Waals surface area contributed by atoms with Crippen molar-refractivity contribution in [1.82, 2.24) is 9.88 Å². The van der Waals surface area contributed by atoms with Gasteiger partial charge in [-0.15, -0.1) is 0 Å². The van der Waals surface area contributed by atoms with E-state index in [9.17, 15) is 24.8 Å². The van der Waals surface area contributed by atoms with Crippen LogP contribution in [0.4, 0.5) is 5.69 Å². The number of aliphatic hydroxyl groups excluding tert-OH is 1. The van der Waals surface area contributed by atoms with Crippen molar-refractivity contribution < 1.29 is 28.8 Å². The van der Waals surface area contributed by atoms with Crippen LogP contribution < -0.4 is 4.74 Å². The molecule has 0 radical (unpaired) electrons. The molecule has 2 aromatic heterocycles. The first kappa shape index (κ1) is 22.9. The molecule has 0 bridgehead atoms. The number of nitro groups is 1. The van der Waals surface area contributed by atoms with Crippen LogP contribution in [0.2, 0.25) is 0 Å². The summed E-state index contributed by atoms with van der Waals surface area (Å²) in [6, 6.07) is 13.2. The van der Waals surface area contributed by atoms with E-state index in [1.807, 2.05) is 24.4 Å². The lowest BCUT2D eigenvalue weighted by molar-refractivity contribution is -0.385. The number of carbonyl (C=O) groups excluding carboxylic acids is 2. The van der Waals surface area contributed by atoms with Crippen molar-refractivity contribution in [2.24, 2.45) is 0 Å². The summed E-state index contributed by atoms with van der Waals surface area (Å²) >= 11 is 0. The van der Waals surface area contributed by atoms with E-state index in [0.29, 0.717) is 12.2 Å². The van der Waals surface area contributed by atoms with E-state index in [1.165, 1.54) is 41.5 Å². The predicted octanol–water partition coefficient (Wildman–Crippen LogP) is 4.50. The zero-order chi connectivity index (χ0) is 25.4. The van der Waals surface area contributed by atoms with Crippen molar-refractivity contribution in [2.45, 2.75) is 12.5 Å². The lowest BCUT2D eigenvalue weighted by Crippen LogP contribution is -2.33. The van der Waals surface area contributed by atoms with E-state index in [4.69, 9.17) is 9.15 Å². The van der Waals surface area contributed by atoms with Crippen molar-refractivity contribution >= 4 is 28.3 Å². The fourth-order valence-corrected chi connectivity index (χ4v) is 4.60. The Morgan fingerprint density at radius 3 is 2.75 bits per heavy atom. The number of methoxy groups -OCH3 is 1. The van der Waals surface area contributed by atoms with E-state index < -0.39 is 28.4 Å². The molecule has 1 aliphatic rings. The van der Waals surface area contributed by atoms with Crippen molar-refractivity contribution in [3.63, 3.8) is 0 Å². The first-order chi connectivity index (χ1) is 17.4. The molecule has 4 aromatic rings. The van der Waals surface area contributed by atoms with Crippen LogP contribution in [0.15, 0.2) is 82.8 Å². The number of Topliss-reactive ketones (excluding diaryl/α,β-unsaturated/α-hetero) is 1. The molecule has 5 rings (SSSR count). The minimum Gasteiger partial charge on any atom is -0.503 e. The average Bonchev–Trinajstić information content (AvgIpc) is 3.62. The summed E-state index contributed by atoms with van der Waals surface area (Å²) in [6.45, 7) is 0.0821. The van der Waals surface area contributed by atoms with Crippen LogP contribution in [0.3, 0.4) is 0 Å². The Bertz CT molecular complexity index is 1520. The average molecular weight is 487 g/mol. The summed E-state index contributed by atoms with van der Waals surface area (Å²) in [7, 11) is 1.57. The van der Waals surface area contributed by atoms with Crippen molar-refractivity contribution in [1.29, 1.82) is 0 Å². The largest absolute Gasteiger partial charge is 0.503 e. The van der Waals surface area contributed by atoms with Gasteiger partial charge in [0.25, 0.3) is 11.6 Å². The van der Waals surface area contributed by atoms with Crippen LogP contribution in [0.25, 0.3) is 10.9 Å². The van der Waals surface area contributed by atoms with Gasteiger partial charge < -0.3 is 24.1 Å². The number of aromatic nitrogens is 1. The van der Waals surface area contributed by atoms with Crippen LogP contribution in [-0.4, -0.2) is 45.3 Å². The third-order valence-corrected chi connectivity index (χ3v) is 6.32. The summed E-state index contributed by atoms with van der Waals surface area (Å²) in [4.78, 5) is 42.2. The summed E-state index contributed by atoms with van der Waals surface area (Å²) in [6.07, 6.45) is 3.46. The van der Waals surface area contributed by atoms with Crippen molar-refractivity contribution in [2.75, 3.05) is 13.7 Å². The minimum absolute atomic E-state index is 0.0821. The number of furan rings is 1. The maximum absolute atomic E-state index is 13.3. The molecule has 182 valence electrons. The van der Waals surface area contributed by atoms with Gasteiger partial charge in [0.1, 0.15) is 5.75 Å². The molecule has 1 amide bonds. The number of rotatable bonds is 8. The van der Waals surface area contributed by atoms with E-state index in [1.54, 1.807) is 13.2 Å². The van der Waals surface area contributed by atoms with Crippen molar-refractivity contribution in [3.8, 4) is 5.75 Å². The molecule has 3 heterocycles. The number of carbonyl (C=O) groups is 2. The molecule has 1 atom stereocenters. The Kier molecular flexibility index (Phi) is 5.77. The Morgan fingerprint density at radius 2 is 2.03 bits per heavy atom. The number of ether oxygens (including phenoxy) is 1. The Balaban J connectivity index is 1.56. The summed E-state index contributed by atoms with van der Waals surface area (Å²) < 4.78 is 10.5. The van der Waals surface area contributed by atoms with Crippen LogP contribution in [0.1, 0.15) is 27.7 Å². The number of nitrogens with one attached hydrogen (secondary N) is 1. The van der Waals surface area contributed by atoms with E-state index in [-0.39, 0.29) is 29.1 Å². The summed E-state index contributed by atoms with van der Waals surface area (Å²) in [5, 5.41) is 23.5. The molecule has 0 spiro atoms. The number of H-pyrrole nitrogens is 1. The Labute approximate surface area is 204 Å². The third kappa shape index (κ3) is 3.78. The molecular weight excluding hydrogens is 466 g/mol. The SMILES string of the molecule is COc1ccc2[nH]cc(CCN3C(=O)C(O)=C(C(=O)c4ccco4)C3c3ccccc3[N+](=O)[O-])c2c1. The number of aliphatic hydroxyl groups is 1. The van der Waals surface area contributed by atoms with Gasteiger partial charge in [-0.3, -0.25) is 19.7 Å². The zero-order valence-corrected chi connectivity index (χ0v) is 19.1. The summed E-state index contributed by atoms with van der Waals surface area (Å²) in [5.41, 5.74) is 1.35. The van der Waals surface area contributed by atoms with E-state index in [2.05, 4.69) is 4.98 Å². The number of nitro benzene ring substituents is 1. The smallest absolute Gasteiger partial charge is 0.290 e. The maximum atomic E-state index is 13.3. The molecule has 1 aliphatic heterocycles. The van der Waals surface area contributed by atoms with Gasteiger partial charge in [0.2, 0.25) is 5.78 Å². The molecular formula is C26H21N3O7. The molecule has 2 aromatic carbocycles. The number of ketones is 1. The highest BCUT2D eigenvalue weighted by Crippen LogP contribution is 2.42. The number of para-hydroxylation sites is 1. The molecule has 1 unspecified atom stereocenters. The standard InChI is InChI=1S/C26H21N3O7/c1-35-16-8-9-19-18(13-16)15(14-27-19)10-11-28-23(17-5-2-3-6-20(17)29(33)34)22(25(31)26(28)32)24(30)21-7-4-12-36-21/h2-9,12-14,23,27,31H,10-11H2,1H3. The topological polar surface area (TPSA) is 139 Å². The minimum atomic E-state index is -1.17. The number of benzene rings is 2. The zero-order valence-electron chi connectivity index (χ0n) is 19.1. The van der Waals surface area contributed by atoms with Gasteiger partial charge in [-0.25, -0.2) is 0 Å². The van der Waals surface area contributed by atoms with Crippen molar-refractivity contribution in [3.05, 3.63) is 105 Å². The Morgan fingerprint density at radius 1 is 1.22 bits per heavy atom. The van der Waals surface area contributed by atoms with Gasteiger partial charge >= 0.3 is 0 Å². The third-order valence-electron chi connectivity index (χ3n) is 6.32. The number of amides is 1. The Hall–Kier alpha value is -4.86. The van der Waals surface area contributed by atoms with E-state index in [0.717, 1.165) is 16.5 Å². The molecule has 2 N–H and O–H groups in total. The highest BCUT2D eigenvalue weighted by molar-refractivity contribution is 6.15. The molecule has 10 heteroatoms. The first-order valence-electron chi connectivity index (χ1n) is 11.1. The lowest BCUT2D eigenvalue weighted by Gasteiger charge is -2.26. The lowest BCUT2D eigenvalue weighted by atomic mass is 9.93. The molecule has 10 nitrogen and oxygen atoms in total. The number of hydrogen-bond donors (Lipinski definition) is 2. The highest BCUT2D eigenvalue weighted by Gasteiger charge is 2.46. The molecule has 36 heavy (non-hydrogen) atoms. The quantitative estimate of drug-likeness (QED) is 0.212. The van der Waals surface area contributed by atoms with Gasteiger partial charge in [0.15, 0.2) is 11.5 Å². The fraction of sp³-hybridized carbons (Fsp3) is 0.154. The van der Waals surface area contributed by atoms with E-state index >= 15 is 0 Å². The predicted molar refractivity (Wildman–Crippen MR) is 129 cm³/mol.